The van der Waals surface area contributed by atoms with E-state index in [1.54, 1.807) is 30.6 Å². The van der Waals surface area contributed by atoms with E-state index in [9.17, 15) is 26.4 Å². The first kappa shape index (κ1) is 40.5. The van der Waals surface area contributed by atoms with Gasteiger partial charge in [-0.1, -0.05) is 30.3 Å². The smallest absolute Gasteiger partial charge is 0.418 e. The van der Waals surface area contributed by atoms with Crippen LogP contribution in [0.25, 0.3) is 11.1 Å². The molecule has 15 heteroatoms. The molecular weight excluding hydrogens is 767 g/mol. The molecule has 0 spiro atoms. The predicted molar refractivity (Wildman–Crippen MR) is 211 cm³/mol. The van der Waals surface area contributed by atoms with Crippen LogP contribution in [-0.4, -0.2) is 69.3 Å². The van der Waals surface area contributed by atoms with Gasteiger partial charge in [-0.3, -0.25) is 14.7 Å². The van der Waals surface area contributed by atoms with E-state index < -0.39 is 32.6 Å². The number of rotatable bonds is 14. The number of anilines is 2. The topological polar surface area (TPSA) is 104 Å². The number of amides is 1. The Kier molecular flexibility index (Phi) is 12.9. The molecule has 1 saturated heterocycles. The molecule has 1 aromatic heterocycles. The third-order valence-electron chi connectivity index (χ3n) is 9.43. The molecule has 0 bridgehead atoms. The number of ether oxygens (including phenoxy) is 1. The first-order valence-corrected chi connectivity index (χ1v) is 20.5. The number of piperazine rings is 1. The Morgan fingerprint density at radius 3 is 2.32 bits per heavy atom. The van der Waals surface area contributed by atoms with Crippen molar-refractivity contribution in [2.45, 2.75) is 35.9 Å². The molecule has 1 aliphatic heterocycles. The maximum absolute atomic E-state index is 15.4. The Labute approximate surface area is 328 Å². The van der Waals surface area contributed by atoms with Crippen LogP contribution in [-0.2, 0) is 16.2 Å². The fourth-order valence-corrected chi connectivity index (χ4v) is 8.24. The molecule has 0 saturated carbocycles. The number of carbonyl (C=O) groups excluding carboxylic acids is 1. The number of carbonyl (C=O) groups is 1. The predicted octanol–water partition coefficient (Wildman–Crippen LogP) is 8.51. The number of halogens is 4. The van der Waals surface area contributed by atoms with Gasteiger partial charge in [0.2, 0.25) is 0 Å². The Morgan fingerprint density at radius 2 is 1.64 bits per heavy atom. The zero-order chi connectivity index (χ0) is 39.9. The minimum atomic E-state index is -4.85. The van der Waals surface area contributed by atoms with Crippen molar-refractivity contribution in [1.29, 1.82) is 0 Å². The first-order chi connectivity index (χ1) is 26.8. The maximum Gasteiger partial charge on any atom is 0.418 e. The average molecular weight is 808 g/mol. The van der Waals surface area contributed by atoms with Crippen LogP contribution in [0, 0.1) is 5.82 Å². The Balaban J connectivity index is 1.03. The summed E-state index contributed by atoms with van der Waals surface area (Å²) in [5.41, 5.74) is 1.45. The number of hydrogen-bond acceptors (Lipinski definition) is 9. The number of sulfonamides is 1. The number of nitrogens with zero attached hydrogens (tertiary/aromatic N) is 3. The number of pyridine rings is 1. The second-order valence-corrected chi connectivity index (χ2v) is 15.9. The normalized spacial score (nSPS) is 14.3. The SMILES string of the molecule is CCOc1cncc(-c2ccc(C(C)N3CCN(c4ccc(C(=O)NS(=O)(=O)c5ccc(NCCSc6ccccc6)c(C(F)(F)F)c5)cc4)CC3)c(F)c2)c1. The van der Waals surface area contributed by atoms with E-state index >= 15 is 4.39 Å². The van der Waals surface area contributed by atoms with Gasteiger partial charge in [-0.2, -0.15) is 13.2 Å². The van der Waals surface area contributed by atoms with Gasteiger partial charge < -0.3 is 15.0 Å². The molecule has 6 rings (SSSR count). The Bertz CT molecular complexity index is 2240. The van der Waals surface area contributed by atoms with Crippen LogP contribution in [0.1, 0.15) is 41.4 Å². The van der Waals surface area contributed by atoms with Crippen LogP contribution in [0.2, 0.25) is 0 Å². The van der Waals surface area contributed by atoms with E-state index in [-0.39, 0.29) is 29.7 Å². The van der Waals surface area contributed by atoms with E-state index in [0.717, 1.165) is 28.3 Å². The minimum absolute atomic E-state index is 0.0224. The van der Waals surface area contributed by atoms with Crippen molar-refractivity contribution in [3.63, 3.8) is 0 Å². The third kappa shape index (κ3) is 10.00. The highest BCUT2D eigenvalue weighted by atomic mass is 32.2. The number of nitrogens with one attached hydrogen (secondary N) is 2. The number of aromatic nitrogens is 1. The molecule has 0 radical (unpaired) electrons. The summed E-state index contributed by atoms with van der Waals surface area (Å²) in [7, 11) is -4.64. The van der Waals surface area contributed by atoms with Gasteiger partial charge in [0.25, 0.3) is 15.9 Å². The molecule has 294 valence electrons. The summed E-state index contributed by atoms with van der Waals surface area (Å²) < 4.78 is 91.0. The molecule has 1 fully saturated rings. The molecule has 56 heavy (non-hydrogen) atoms. The molecule has 2 heterocycles. The molecule has 9 nitrogen and oxygen atoms in total. The van der Waals surface area contributed by atoms with E-state index in [0.29, 0.717) is 61.5 Å². The molecule has 5 aromatic rings. The summed E-state index contributed by atoms with van der Waals surface area (Å²) in [4.78, 5) is 21.8. The summed E-state index contributed by atoms with van der Waals surface area (Å²) in [6.45, 7) is 7.09. The van der Waals surface area contributed by atoms with Gasteiger partial charge in [0.1, 0.15) is 11.6 Å². The number of benzene rings is 4. The lowest BCUT2D eigenvalue weighted by atomic mass is 10.00. The van der Waals surface area contributed by atoms with Gasteiger partial charge in [-0.05, 0) is 86.1 Å². The maximum atomic E-state index is 15.4. The van der Waals surface area contributed by atoms with Gasteiger partial charge in [0.05, 0.1) is 23.3 Å². The Morgan fingerprint density at radius 1 is 0.911 bits per heavy atom. The van der Waals surface area contributed by atoms with Crippen LogP contribution in [0.5, 0.6) is 5.75 Å². The average Bonchev–Trinajstić information content (AvgIpc) is 3.19. The molecule has 1 unspecified atom stereocenters. The zero-order valence-electron chi connectivity index (χ0n) is 30.7. The van der Waals surface area contributed by atoms with Gasteiger partial charge in [-0.25, -0.2) is 17.5 Å². The largest absolute Gasteiger partial charge is 0.492 e. The van der Waals surface area contributed by atoms with Crippen LogP contribution in [0.4, 0.5) is 28.9 Å². The highest BCUT2D eigenvalue weighted by Crippen LogP contribution is 2.37. The molecule has 1 aliphatic rings. The first-order valence-electron chi connectivity index (χ1n) is 18.0. The summed E-state index contributed by atoms with van der Waals surface area (Å²) >= 11 is 1.47. The van der Waals surface area contributed by atoms with E-state index in [1.807, 2.05) is 61.0 Å². The lowest BCUT2D eigenvalue weighted by Gasteiger charge is -2.39. The van der Waals surface area contributed by atoms with Crippen molar-refractivity contribution < 1.29 is 35.5 Å². The van der Waals surface area contributed by atoms with E-state index in [4.69, 9.17) is 4.74 Å². The lowest BCUT2D eigenvalue weighted by molar-refractivity contribution is -0.137. The van der Waals surface area contributed by atoms with Gasteiger partial charge in [0.15, 0.2) is 0 Å². The molecule has 1 amide bonds. The zero-order valence-corrected chi connectivity index (χ0v) is 32.4. The van der Waals surface area contributed by atoms with Gasteiger partial charge in [0, 0.05) is 83.7 Å². The molecule has 1 atom stereocenters. The second-order valence-electron chi connectivity index (χ2n) is 13.1. The van der Waals surface area contributed by atoms with Crippen LogP contribution < -0.4 is 19.7 Å². The molecule has 2 N–H and O–H groups in total. The number of hydrogen-bond donors (Lipinski definition) is 2. The second kappa shape index (κ2) is 17.8. The van der Waals surface area contributed by atoms with Crippen molar-refractivity contribution in [3.05, 3.63) is 132 Å². The third-order valence-corrected chi connectivity index (χ3v) is 11.8. The quantitative estimate of drug-likeness (QED) is 0.0650. The fraction of sp³-hybridized carbons (Fsp3) is 0.268. The van der Waals surface area contributed by atoms with Crippen molar-refractivity contribution in [1.82, 2.24) is 14.6 Å². The standard InChI is InChI=1S/C41H41F4N5O4S2/c1-3-54-33-23-31(26-46-27-33)30-11-15-36(38(42)24-30)28(2)49-18-20-50(21-19-49)32-12-9-29(10-13-32)40(51)48-56(52,53)35-14-16-39(37(25-35)41(43,44)45)47-17-22-55-34-7-5-4-6-8-34/h4-16,23-28,47H,3,17-22H2,1-2H3,(H,48,51). The summed E-state index contributed by atoms with van der Waals surface area (Å²) in [5.74, 6) is -0.189. The minimum Gasteiger partial charge on any atom is -0.492 e. The molecular formula is C41H41F4N5O4S2. The van der Waals surface area contributed by atoms with Crippen LogP contribution in [0.3, 0.4) is 0 Å². The monoisotopic (exact) mass is 807 g/mol. The molecule has 4 aromatic carbocycles. The van der Waals surface area contributed by atoms with Crippen molar-refractivity contribution in [3.8, 4) is 16.9 Å². The fourth-order valence-electron chi connectivity index (χ4n) is 6.45. The Hall–Kier alpha value is -5.12. The van der Waals surface area contributed by atoms with Gasteiger partial charge >= 0.3 is 6.18 Å². The van der Waals surface area contributed by atoms with Crippen LogP contribution >= 0.6 is 11.8 Å². The van der Waals surface area contributed by atoms with Crippen molar-refractivity contribution >= 4 is 39.1 Å². The molecule has 0 aliphatic carbocycles. The number of thioether (sulfide) groups is 1. The highest BCUT2D eigenvalue weighted by molar-refractivity contribution is 7.99. The number of alkyl halides is 3. The van der Waals surface area contributed by atoms with E-state index in [1.165, 1.54) is 30.0 Å². The van der Waals surface area contributed by atoms with Crippen molar-refractivity contribution in [2.75, 3.05) is 55.3 Å². The van der Waals surface area contributed by atoms with E-state index in [2.05, 4.69) is 20.1 Å². The summed E-state index contributed by atoms with van der Waals surface area (Å²) in [6, 6.07) is 25.2. The summed E-state index contributed by atoms with van der Waals surface area (Å²) in [6.07, 6.45) is -1.56. The summed E-state index contributed by atoms with van der Waals surface area (Å²) in [5, 5.41) is 2.75. The van der Waals surface area contributed by atoms with Crippen LogP contribution in [0.15, 0.2) is 119 Å². The lowest BCUT2D eigenvalue weighted by Crippen LogP contribution is -2.47. The highest BCUT2D eigenvalue weighted by Gasteiger charge is 2.35. The van der Waals surface area contributed by atoms with Crippen molar-refractivity contribution in [2.24, 2.45) is 0 Å². The van der Waals surface area contributed by atoms with Gasteiger partial charge in [-0.15, -0.1) is 11.8 Å².